The maximum Gasteiger partial charge on any atom is 0.263 e. The van der Waals surface area contributed by atoms with E-state index in [9.17, 15) is 8.42 Å². The monoisotopic (exact) mass is 364 g/mol. The highest BCUT2D eigenvalue weighted by Crippen LogP contribution is 2.33. The molecule has 4 nitrogen and oxygen atoms in total. The van der Waals surface area contributed by atoms with Crippen LogP contribution in [0.5, 0.6) is 0 Å². The number of aryl methyl sites for hydroxylation is 1. The molecule has 0 aliphatic carbocycles. The zero-order valence-corrected chi connectivity index (χ0v) is 14.6. The summed E-state index contributed by atoms with van der Waals surface area (Å²) in [6, 6.07) is 4.82. The lowest BCUT2D eigenvalue weighted by Gasteiger charge is -2.12. The van der Waals surface area contributed by atoms with Gasteiger partial charge in [0.15, 0.2) is 0 Å². The van der Waals surface area contributed by atoms with Crippen molar-refractivity contribution in [3.05, 3.63) is 44.1 Å². The number of sulfonamides is 1. The fourth-order valence-electron chi connectivity index (χ4n) is 1.91. The second kappa shape index (κ2) is 6.54. The maximum absolute atomic E-state index is 12.6. The molecule has 0 unspecified atom stereocenters. The van der Waals surface area contributed by atoms with Crippen LogP contribution in [0.2, 0.25) is 10.0 Å². The molecule has 8 heteroatoms. The van der Waals surface area contributed by atoms with Gasteiger partial charge in [-0.1, -0.05) is 29.3 Å². The van der Waals surface area contributed by atoms with Crippen molar-refractivity contribution in [3.63, 3.8) is 0 Å². The Morgan fingerprint density at radius 3 is 2.67 bits per heavy atom. The Balaban J connectivity index is 2.44. The highest BCUT2D eigenvalue weighted by Gasteiger charge is 2.23. The van der Waals surface area contributed by atoms with Crippen molar-refractivity contribution in [3.8, 4) is 0 Å². The molecule has 2 rings (SSSR count). The van der Waals surface area contributed by atoms with Crippen LogP contribution in [0.4, 0.5) is 5.69 Å². The van der Waals surface area contributed by atoms with Crippen molar-refractivity contribution in [2.75, 3.05) is 11.8 Å². The molecule has 1 aromatic carbocycles. The van der Waals surface area contributed by atoms with Crippen LogP contribution >= 0.6 is 34.5 Å². The number of rotatable bonds is 5. The molecular formula is C13H14Cl2N2O2S2. The lowest BCUT2D eigenvalue weighted by Crippen LogP contribution is -2.17. The molecular weight excluding hydrogens is 351 g/mol. The number of anilines is 1. The molecule has 0 aliphatic heterocycles. The Labute approximate surface area is 138 Å². The zero-order chi connectivity index (χ0) is 15.6. The zero-order valence-electron chi connectivity index (χ0n) is 11.4. The summed E-state index contributed by atoms with van der Waals surface area (Å²) < 4.78 is 27.7. The Kier molecular flexibility index (Phi) is 5.16. The minimum absolute atomic E-state index is 0.186. The van der Waals surface area contributed by atoms with Crippen molar-refractivity contribution in [2.24, 2.45) is 0 Å². The molecule has 0 bridgehead atoms. The van der Waals surface area contributed by atoms with Gasteiger partial charge in [-0.3, -0.25) is 4.72 Å². The molecule has 1 aromatic heterocycles. The van der Waals surface area contributed by atoms with Crippen LogP contribution in [-0.2, 0) is 16.6 Å². The first-order valence-electron chi connectivity index (χ1n) is 6.05. The Morgan fingerprint density at radius 2 is 2.00 bits per heavy atom. The van der Waals surface area contributed by atoms with Crippen LogP contribution in [-0.4, -0.2) is 15.5 Å². The fraction of sp³-hybridized carbons (Fsp3) is 0.231. The summed E-state index contributed by atoms with van der Waals surface area (Å²) in [5.74, 6) is 0. The van der Waals surface area contributed by atoms with E-state index in [-0.39, 0.29) is 15.6 Å². The largest absolute Gasteiger partial charge is 0.315 e. The van der Waals surface area contributed by atoms with Gasteiger partial charge in [-0.25, -0.2) is 8.42 Å². The van der Waals surface area contributed by atoms with E-state index in [0.717, 1.165) is 4.88 Å². The molecule has 0 aliphatic rings. The average molecular weight is 365 g/mol. The molecule has 0 radical (unpaired) electrons. The Bertz CT molecular complexity index is 758. The molecule has 0 amide bonds. The predicted octanol–water partition coefficient (Wildman–Crippen LogP) is 3.88. The van der Waals surface area contributed by atoms with Gasteiger partial charge in [0.2, 0.25) is 0 Å². The summed E-state index contributed by atoms with van der Waals surface area (Å²) >= 11 is 13.3. The van der Waals surface area contributed by atoms with Crippen molar-refractivity contribution < 1.29 is 8.42 Å². The van der Waals surface area contributed by atoms with Gasteiger partial charge in [0.1, 0.15) is 4.90 Å². The molecule has 2 aromatic rings. The molecule has 0 saturated carbocycles. The van der Waals surface area contributed by atoms with Gasteiger partial charge in [0.05, 0.1) is 15.7 Å². The van der Waals surface area contributed by atoms with E-state index in [1.54, 1.807) is 32.2 Å². The van der Waals surface area contributed by atoms with Crippen LogP contribution in [0.3, 0.4) is 0 Å². The first kappa shape index (κ1) is 16.6. The van der Waals surface area contributed by atoms with Crippen LogP contribution in [0.15, 0.2) is 28.5 Å². The third-order valence-electron chi connectivity index (χ3n) is 2.79. The second-order valence-electron chi connectivity index (χ2n) is 4.41. The van der Waals surface area contributed by atoms with Crippen molar-refractivity contribution >= 4 is 50.2 Å². The number of nitrogens with one attached hydrogen (secondary N) is 2. The lowest BCUT2D eigenvalue weighted by atomic mass is 10.3. The Hall–Kier alpha value is -0.790. The minimum atomic E-state index is -3.72. The van der Waals surface area contributed by atoms with Gasteiger partial charge in [-0.2, -0.15) is 0 Å². The first-order valence-corrected chi connectivity index (χ1v) is 9.17. The average Bonchev–Trinajstić information content (AvgIpc) is 2.77. The van der Waals surface area contributed by atoms with E-state index in [0.29, 0.717) is 17.1 Å². The van der Waals surface area contributed by atoms with Crippen molar-refractivity contribution in [2.45, 2.75) is 18.4 Å². The van der Waals surface area contributed by atoms with Crippen LogP contribution < -0.4 is 10.0 Å². The summed E-state index contributed by atoms with van der Waals surface area (Å²) in [5, 5.41) is 5.27. The van der Waals surface area contributed by atoms with Gasteiger partial charge < -0.3 is 5.32 Å². The van der Waals surface area contributed by atoms with Crippen LogP contribution in [0.1, 0.15) is 10.4 Å². The number of hydrogen-bond acceptors (Lipinski definition) is 4. The molecule has 0 spiro atoms. The van der Waals surface area contributed by atoms with E-state index < -0.39 is 10.0 Å². The SMILES string of the molecule is CNCc1scc(C)c1S(=O)(=O)Nc1cccc(Cl)c1Cl. The molecule has 114 valence electrons. The topological polar surface area (TPSA) is 58.2 Å². The molecule has 1 heterocycles. The summed E-state index contributed by atoms with van der Waals surface area (Å²) in [7, 11) is -1.94. The van der Waals surface area contributed by atoms with Crippen LogP contribution in [0, 0.1) is 6.92 Å². The van der Waals surface area contributed by atoms with Gasteiger partial charge >= 0.3 is 0 Å². The van der Waals surface area contributed by atoms with E-state index in [2.05, 4.69) is 10.0 Å². The first-order chi connectivity index (χ1) is 9.86. The molecule has 21 heavy (non-hydrogen) atoms. The summed E-state index contributed by atoms with van der Waals surface area (Å²) in [5.41, 5.74) is 0.973. The smallest absolute Gasteiger partial charge is 0.263 e. The van der Waals surface area contributed by atoms with Crippen molar-refractivity contribution in [1.82, 2.24) is 5.32 Å². The number of halogens is 2. The fourth-order valence-corrected chi connectivity index (χ4v) is 5.21. The number of thiophene rings is 1. The second-order valence-corrected chi connectivity index (χ2v) is 7.78. The standard InChI is InChI=1S/C13H14Cl2N2O2S2/c1-8-7-20-11(6-16-2)13(8)21(18,19)17-10-5-3-4-9(14)12(10)15/h3-5,7,16-17H,6H2,1-2H3. The minimum Gasteiger partial charge on any atom is -0.315 e. The molecule has 0 saturated heterocycles. The third-order valence-corrected chi connectivity index (χ3v) is 6.44. The van der Waals surface area contributed by atoms with Gasteiger partial charge in [-0.05, 0) is 37.0 Å². The highest BCUT2D eigenvalue weighted by atomic mass is 35.5. The van der Waals surface area contributed by atoms with E-state index in [1.807, 2.05) is 5.38 Å². The number of hydrogen-bond donors (Lipinski definition) is 2. The molecule has 0 atom stereocenters. The lowest BCUT2D eigenvalue weighted by molar-refractivity contribution is 0.599. The Morgan fingerprint density at radius 1 is 1.29 bits per heavy atom. The normalized spacial score (nSPS) is 11.6. The summed E-state index contributed by atoms with van der Waals surface area (Å²) in [4.78, 5) is 1.04. The third kappa shape index (κ3) is 3.52. The van der Waals surface area contributed by atoms with Crippen LogP contribution in [0.25, 0.3) is 0 Å². The summed E-state index contributed by atoms with van der Waals surface area (Å²) in [6.45, 7) is 2.25. The van der Waals surface area contributed by atoms with E-state index >= 15 is 0 Å². The van der Waals surface area contributed by atoms with E-state index in [4.69, 9.17) is 23.2 Å². The maximum atomic E-state index is 12.6. The summed E-state index contributed by atoms with van der Waals surface area (Å²) in [6.07, 6.45) is 0. The van der Waals surface area contributed by atoms with Gasteiger partial charge in [-0.15, -0.1) is 11.3 Å². The highest BCUT2D eigenvalue weighted by molar-refractivity contribution is 7.93. The molecule has 2 N–H and O–H groups in total. The predicted molar refractivity (Wildman–Crippen MR) is 89.1 cm³/mol. The van der Waals surface area contributed by atoms with Gasteiger partial charge in [0.25, 0.3) is 10.0 Å². The number of benzene rings is 1. The quantitative estimate of drug-likeness (QED) is 0.845. The van der Waals surface area contributed by atoms with Crippen molar-refractivity contribution in [1.29, 1.82) is 0 Å². The molecule has 0 fully saturated rings. The van der Waals surface area contributed by atoms with Gasteiger partial charge in [0, 0.05) is 11.4 Å². The van der Waals surface area contributed by atoms with E-state index in [1.165, 1.54) is 11.3 Å².